The average molecular weight is 204 g/mol. The highest BCUT2D eigenvalue weighted by Gasteiger charge is 2.36. The smallest absolute Gasteiger partial charge is 0.288 e. The molecule has 1 aromatic rings. The summed E-state index contributed by atoms with van der Waals surface area (Å²) in [7, 11) is 0. The molecule has 1 aliphatic rings. The summed E-state index contributed by atoms with van der Waals surface area (Å²) in [6, 6.07) is 5.44. The number of rotatable bonds is 2. The number of hydrogen-bond donors (Lipinski definition) is 1. The van der Waals surface area contributed by atoms with Crippen LogP contribution >= 0.6 is 0 Å². The van der Waals surface area contributed by atoms with E-state index in [0.29, 0.717) is 0 Å². The van der Waals surface area contributed by atoms with E-state index < -0.39 is 5.54 Å². The number of amides is 1. The molecule has 1 aliphatic carbocycles. The summed E-state index contributed by atoms with van der Waals surface area (Å²) < 4.78 is 4.97. The number of furan rings is 1. The van der Waals surface area contributed by atoms with Gasteiger partial charge in [-0.2, -0.15) is 5.26 Å². The van der Waals surface area contributed by atoms with E-state index in [1.165, 1.54) is 6.26 Å². The monoisotopic (exact) mass is 204 g/mol. The van der Waals surface area contributed by atoms with Gasteiger partial charge >= 0.3 is 0 Å². The van der Waals surface area contributed by atoms with Gasteiger partial charge in [0.15, 0.2) is 5.76 Å². The highest BCUT2D eigenvalue weighted by molar-refractivity contribution is 5.92. The largest absolute Gasteiger partial charge is 0.459 e. The number of nitriles is 1. The van der Waals surface area contributed by atoms with Crippen LogP contribution in [-0.2, 0) is 0 Å². The van der Waals surface area contributed by atoms with Crippen LogP contribution in [0.5, 0.6) is 0 Å². The molecule has 1 heterocycles. The van der Waals surface area contributed by atoms with Crippen LogP contribution < -0.4 is 5.32 Å². The zero-order chi connectivity index (χ0) is 10.7. The molecule has 0 spiro atoms. The van der Waals surface area contributed by atoms with E-state index in [2.05, 4.69) is 11.4 Å². The summed E-state index contributed by atoms with van der Waals surface area (Å²) in [5, 5.41) is 11.8. The van der Waals surface area contributed by atoms with Gasteiger partial charge in [-0.05, 0) is 37.8 Å². The van der Waals surface area contributed by atoms with E-state index in [-0.39, 0.29) is 11.7 Å². The maximum absolute atomic E-state index is 11.7. The predicted molar refractivity (Wildman–Crippen MR) is 53.0 cm³/mol. The Kier molecular flexibility index (Phi) is 2.46. The van der Waals surface area contributed by atoms with Crippen molar-refractivity contribution in [2.75, 3.05) is 0 Å². The summed E-state index contributed by atoms with van der Waals surface area (Å²) in [6.45, 7) is 0. The van der Waals surface area contributed by atoms with Crippen LogP contribution in [0.1, 0.15) is 36.2 Å². The first kappa shape index (κ1) is 9.78. The van der Waals surface area contributed by atoms with E-state index in [9.17, 15) is 4.79 Å². The average Bonchev–Trinajstić information content (AvgIpc) is 2.88. The number of hydrogen-bond acceptors (Lipinski definition) is 3. The third-order valence-corrected chi connectivity index (χ3v) is 2.77. The quantitative estimate of drug-likeness (QED) is 0.799. The van der Waals surface area contributed by atoms with Crippen LogP contribution in [0, 0.1) is 11.3 Å². The van der Waals surface area contributed by atoms with Crippen molar-refractivity contribution in [1.82, 2.24) is 5.32 Å². The van der Waals surface area contributed by atoms with Crippen molar-refractivity contribution < 1.29 is 9.21 Å². The minimum atomic E-state index is -0.677. The molecule has 0 aliphatic heterocycles. The molecule has 0 atom stereocenters. The normalized spacial score (nSPS) is 18.3. The lowest BCUT2D eigenvalue weighted by molar-refractivity contribution is 0.0892. The molecule has 0 saturated heterocycles. The van der Waals surface area contributed by atoms with Crippen LogP contribution in [0.25, 0.3) is 0 Å². The van der Waals surface area contributed by atoms with Gasteiger partial charge < -0.3 is 9.73 Å². The fraction of sp³-hybridized carbons (Fsp3) is 0.455. The maximum atomic E-state index is 11.7. The molecule has 4 nitrogen and oxygen atoms in total. The van der Waals surface area contributed by atoms with Gasteiger partial charge in [-0.1, -0.05) is 0 Å². The first-order valence-corrected chi connectivity index (χ1v) is 5.03. The second-order valence-electron chi connectivity index (χ2n) is 3.83. The lowest BCUT2D eigenvalue weighted by atomic mass is 10.00. The predicted octanol–water partition coefficient (Wildman–Crippen LogP) is 1.85. The van der Waals surface area contributed by atoms with E-state index in [0.717, 1.165) is 25.7 Å². The van der Waals surface area contributed by atoms with Crippen LogP contribution in [0.2, 0.25) is 0 Å². The summed E-state index contributed by atoms with van der Waals surface area (Å²) in [5.74, 6) is -0.0417. The van der Waals surface area contributed by atoms with Gasteiger partial charge in [-0.15, -0.1) is 0 Å². The van der Waals surface area contributed by atoms with E-state index in [4.69, 9.17) is 9.68 Å². The Morgan fingerprint density at radius 2 is 2.27 bits per heavy atom. The third kappa shape index (κ3) is 1.86. The SMILES string of the molecule is N#CC1(NC(=O)c2ccco2)CCCC1. The zero-order valence-electron chi connectivity index (χ0n) is 8.32. The van der Waals surface area contributed by atoms with Crippen molar-refractivity contribution in [2.45, 2.75) is 31.2 Å². The highest BCUT2D eigenvalue weighted by atomic mass is 16.3. The molecule has 2 rings (SSSR count). The van der Waals surface area contributed by atoms with Crippen LogP contribution in [0.3, 0.4) is 0 Å². The molecule has 78 valence electrons. The lowest BCUT2D eigenvalue weighted by Crippen LogP contribution is -2.44. The number of carbonyl (C=O) groups is 1. The molecular formula is C11H12N2O2. The van der Waals surface area contributed by atoms with E-state index in [1.807, 2.05) is 0 Å². The molecule has 1 N–H and O–H groups in total. The Hall–Kier alpha value is -1.76. The molecule has 15 heavy (non-hydrogen) atoms. The first-order valence-electron chi connectivity index (χ1n) is 5.03. The van der Waals surface area contributed by atoms with Crippen molar-refractivity contribution in [2.24, 2.45) is 0 Å². The molecule has 1 amide bonds. The van der Waals surface area contributed by atoms with E-state index in [1.54, 1.807) is 12.1 Å². The van der Waals surface area contributed by atoms with Crippen LogP contribution in [0.4, 0.5) is 0 Å². The Balaban J connectivity index is 2.08. The number of nitrogens with one attached hydrogen (secondary N) is 1. The Morgan fingerprint density at radius 3 is 2.80 bits per heavy atom. The lowest BCUT2D eigenvalue weighted by Gasteiger charge is -2.20. The van der Waals surface area contributed by atoms with Gasteiger partial charge in [0.05, 0.1) is 12.3 Å². The van der Waals surface area contributed by atoms with Gasteiger partial charge in [-0.25, -0.2) is 0 Å². The van der Waals surface area contributed by atoms with Crippen LogP contribution in [-0.4, -0.2) is 11.4 Å². The summed E-state index contributed by atoms with van der Waals surface area (Å²) >= 11 is 0. The zero-order valence-corrected chi connectivity index (χ0v) is 8.32. The van der Waals surface area contributed by atoms with Gasteiger partial charge in [0.2, 0.25) is 0 Å². The summed E-state index contributed by atoms with van der Waals surface area (Å²) in [5.41, 5.74) is -0.677. The molecular weight excluding hydrogens is 192 g/mol. The fourth-order valence-electron chi connectivity index (χ4n) is 1.93. The van der Waals surface area contributed by atoms with Crippen molar-refractivity contribution in [3.63, 3.8) is 0 Å². The summed E-state index contributed by atoms with van der Waals surface area (Å²) in [4.78, 5) is 11.7. The minimum absolute atomic E-state index is 0.261. The van der Waals surface area contributed by atoms with E-state index >= 15 is 0 Å². The topological polar surface area (TPSA) is 66.0 Å². The second kappa shape index (κ2) is 3.77. The third-order valence-electron chi connectivity index (χ3n) is 2.77. The molecule has 0 radical (unpaired) electrons. The molecule has 0 aromatic carbocycles. The maximum Gasteiger partial charge on any atom is 0.288 e. The molecule has 4 heteroatoms. The van der Waals surface area contributed by atoms with Crippen LogP contribution in [0.15, 0.2) is 22.8 Å². The van der Waals surface area contributed by atoms with Gasteiger partial charge in [0, 0.05) is 0 Å². The molecule has 1 aromatic heterocycles. The minimum Gasteiger partial charge on any atom is -0.459 e. The Bertz CT molecular complexity index is 383. The van der Waals surface area contributed by atoms with Crippen molar-refractivity contribution >= 4 is 5.91 Å². The summed E-state index contributed by atoms with van der Waals surface area (Å²) in [6.07, 6.45) is 4.90. The van der Waals surface area contributed by atoms with Crippen molar-refractivity contribution in [3.8, 4) is 6.07 Å². The first-order chi connectivity index (χ1) is 7.26. The second-order valence-corrected chi connectivity index (χ2v) is 3.83. The molecule has 1 saturated carbocycles. The highest BCUT2D eigenvalue weighted by Crippen LogP contribution is 2.29. The van der Waals surface area contributed by atoms with Crippen molar-refractivity contribution in [1.29, 1.82) is 5.26 Å². The van der Waals surface area contributed by atoms with Crippen molar-refractivity contribution in [3.05, 3.63) is 24.2 Å². The Labute approximate surface area is 87.9 Å². The standard InChI is InChI=1S/C11H12N2O2/c12-8-11(5-1-2-6-11)13-10(14)9-4-3-7-15-9/h3-4,7H,1-2,5-6H2,(H,13,14). The Morgan fingerprint density at radius 1 is 1.53 bits per heavy atom. The van der Waals surface area contributed by atoms with Gasteiger partial charge in [0.1, 0.15) is 5.54 Å². The van der Waals surface area contributed by atoms with Gasteiger partial charge in [0.25, 0.3) is 5.91 Å². The fourth-order valence-corrected chi connectivity index (χ4v) is 1.93. The molecule has 0 bridgehead atoms. The number of carbonyl (C=O) groups excluding carboxylic acids is 1. The number of nitrogens with zero attached hydrogens (tertiary/aromatic N) is 1. The van der Waals surface area contributed by atoms with Gasteiger partial charge in [-0.3, -0.25) is 4.79 Å². The molecule has 0 unspecified atom stereocenters. The molecule has 1 fully saturated rings.